The molecule has 0 saturated carbocycles. The molecule has 0 aliphatic carbocycles. The molecule has 0 bridgehead atoms. The predicted octanol–water partition coefficient (Wildman–Crippen LogP) is 1.44. The van der Waals surface area contributed by atoms with Crippen LogP contribution in [-0.4, -0.2) is 49.4 Å². The van der Waals surface area contributed by atoms with Crippen LogP contribution in [0.3, 0.4) is 0 Å². The van der Waals surface area contributed by atoms with Crippen LogP contribution >= 0.6 is 0 Å². The van der Waals surface area contributed by atoms with Gasteiger partial charge in [-0.05, 0) is 32.4 Å². The monoisotopic (exact) mass is 212 g/mol. The average molecular weight is 212 g/mol. The maximum atomic E-state index is 11.8. The lowest BCUT2D eigenvalue weighted by Crippen LogP contribution is -2.31. The van der Waals surface area contributed by atoms with Crippen molar-refractivity contribution >= 4 is 5.91 Å². The van der Waals surface area contributed by atoms with Crippen molar-refractivity contribution in [2.45, 2.75) is 26.7 Å². The van der Waals surface area contributed by atoms with Gasteiger partial charge in [-0.3, -0.25) is 4.79 Å². The normalized spacial score (nSPS) is 21.7. The molecule has 0 aromatic rings. The third-order valence-corrected chi connectivity index (χ3v) is 2.84. The van der Waals surface area contributed by atoms with E-state index in [-0.39, 0.29) is 0 Å². The second-order valence-corrected chi connectivity index (χ2v) is 5.35. The van der Waals surface area contributed by atoms with Crippen molar-refractivity contribution < 1.29 is 4.79 Å². The standard InChI is InChI=1S/C12H24N2O/c1-10(2)7-12(15)14-6-5-11(9-14)8-13(3)4/h10-11H,5-9H2,1-4H3. The molecule has 0 spiro atoms. The zero-order chi connectivity index (χ0) is 11.4. The topological polar surface area (TPSA) is 23.6 Å². The van der Waals surface area contributed by atoms with E-state index in [9.17, 15) is 4.79 Å². The van der Waals surface area contributed by atoms with E-state index in [4.69, 9.17) is 0 Å². The Morgan fingerprint density at radius 2 is 2.13 bits per heavy atom. The van der Waals surface area contributed by atoms with Gasteiger partial charge in [0.05, 0.1) is 0 Å². The van der Waals surface area contributed by atoms with E-state index in [1.807, 2.05) is 4.90 Å². The summed E-state index contributed by atoms with van der Waals surface area (Å²) in [7, 11) is 4.19. The first kappa shape index (κ1) is 12.5. The smallest absolute Gasteiger partial charge is 0.222 e. The Morgan fingerprint density at radius 3 is 2.67 bits per heavy atom. The van der Waals surface area contributed by atoms with Gasteiger partial charge in [-0.15, -0.1) is 0 Å². The first-order valence-electron chi connectivity index (χ1n) is 5.91. The van der Waals surface area contributed by atoms with Crippen LogP contribution in [0.1, 0.15) is 26.7 Å². The van der Waals surface area contributed by atoms with Gasteiger partial charge in [0.2, 0.25) is 5.91 Å². The zero-order valence-corrected chi connectivity index (χ0v) is 10.5. The molecule has 1 aliphatic heterocycles. The van der Waals surface area contributed by atoms with Crippen molar-refractivity contribution in [1.82, 2.24) is 9.80 Å². The highest BCUT2D eigenvalue weighted by Gasteiger charge is 2.26. The molecule has 1 heterocycles. The number of amides is 1. The minimum atomic E-state index is 0.339. The Labute approximate surface area is 93.4 Å². The number of nitrogens with zero attached hydrogens (tertiary/aromatic N) is 2. The molecule has 1 unspecified atom stereocenters. The molecule has 15 heavy (non-hydrogen) atoms. The van der Waals surface area contributed by atoms with Crippen LogP contribution in [0, 0.1) is 11.8 Å². The van der Waals surface area contributed by atoms with Gasteiger partial charge in [0.1, 0.15) is 0 Å². The molecule has 0 aromatic heterocycles. The quantitative estimate of drug-likeness (QED) is 0.704. The van der Waals surface area contributed by atoms with E-state index < -0.39 is 0 Å². The van der Waals surface area contributed by atoms with Gasteiger partial charge >= 0.3 is 0 Å². The third kappa shape index (κ3) is 4.20. The van der Waals surface area contributed by atoms with Crippen molar-refractivity contribution in [1.29, 1.82) is 0 Å². The van der Waals surface area contributed by atoms with Crippen LogP contribution in [0.4, 0.5) is 0 Å². The number of rotatable bonds is 4. The highest BCUT2D eigenvalue weighted by atomic mass is 16.2. The highest BCUT2D eigenvalue weighted by molar-refractivity contribution is 5.76. The summed E-state index contributed by atoms with van der Waals surface area (Å²) >= 11 is 0. The van der Waals surface area contributed by atoms with Gasteiger partial charge in [0, 0.05) is 26.1 Å². The lowest BCUT2D eigenvalue weighted by Gasteiger charge is -2.19. The molecule has 0 radical (unpaired) electrons. The first-order chi connectivity index (χ1) is 6.99. The summed E-state index contributed by atoms with van der Waals surface area (Å²) < 4.78 is 0. The van der Waals surface area contributed by atoms with Crippen molar-refractivity contribution in [3.8, 4) is 0 Å². The summed E-state index contributed by atoms with van der Waals surface area (Å²) in [6, 6.07) is 0. The van der Waals surface area contributed by atoms with Gasteiger partial charge < -0.3 is 9.80 Å². The van der Waals surface area contributed by atoms with Gasteiger partial charge in [-0.2, -0.15) is 0 Å². The van der Waals surface area contributed by atoms with Crippen LogP contribution < -0.4 is 0 Å². The molecule has 0 aromatic carbocycles. The fraction of sp³-hybridized carbons (Fsp3) is 0.917. The molecule has 88 valence electrons. The number of likely N-dealkylation sites (tertiary alicyclic amines) is 1. The molecule has 1 fully saturated rings. The molecule has 3 heteroatoms. The summed E-state index contributed by atoms with van der Waals surface area (Å²) in [5, 5.41) is 0. The maximum Gasteiger partial charge on any atom is 0.222 e. The minimum absolute atomic E-state index is 0.339. The molecule has 1 saturated heterocycles. The third-order valence-electron chi connectivity index (χ3n) is 2.84. The zero-order valence-electron chi connectivity index (χ0n) is 10.5. The first-order valence-corrected chi connectivity index (χ1v) is 5.91. The molecule has 1 atom stereocenters. The molecule has 1 aliphatic rings. The van der Waals surface area contributed by atoms with Crippen molar-refractivity contribution in [3.63, 3.8) is 0 Å². The Bertz CT molecular complexity index is 214. The van der Waals surface area contributed by atoms with Crippen molar-refractivity contribution in [3.05, 3.63) is 0 Å². The molecule has 0 N–H and O–H groups in total. The number of carbonyl (C=O) groups is 1. The Balaban J connectivity index is 2.32. The summed E-state index contributed by atoms with van der Waals surface area (Å²) in [6.45, 7) is 7.23. The van der Waals surface area contributed by atoms with Gasteiger partial charge in [-0.25, -0.2) is 0 Å². The summed E-state index contributed by atoms with van der Waals surface area (Å²) in [5.41, 5.74) is 0. The number of carbonyl (C=O) groups excluding carboxylic acids is 1. The van der Waals surface area contributed by atoms with Gasteiger partial charge in [0.15, 0.2) is 0 Å². The second kappa shape index (κ2) is 5.50. The highest BCUT2D eigenvalue weighted by Crippen LogP contribution is 2.18. The Kier molecular flexibility index (Phi) is 4.58. The van der Waals surface area contributed by atoms with E-state index in [2.05, 4.69) is 32.8 Å². The Hall–Kier alpha value is -0.570. The molecule has 3 nitrogen and oxygen atoms in total. The van der Waals surface area contributed by atoms with Crippen LogP contribution in [-0.2, 0) is 4.79 Å². The Morgan fingerprint density at radius 1 is 1.47 bits per heavy atom. The fourth-order valence-corrected chi connectivity index (χ4v) is 2.20. The predicted molar refractivity (Wildman–Crippen MR) is 62.7 cm³/mol. The molecule has 1 rings (SSSR count). The largest absolute Gasteiger partial charge is 0.342 e. The summed E-state index contributed by atoms with van der Waals surface area (Å²) in [5.74, 6) is 1.49. The average Bonchev–Trinajstić information content (AvgIpc) is 2.50. The van der Waals surface area contributed by atoms with Gasteiger partial charge in [-0.1, -0.05) is 13.8 Å². The SMILES string of the molecule is CC(C)CC(=O)N1CCC(CN(C)C)C1. The molecular weight excluding hydrogens is 188 g/mol. The van der Waals surface area contributed by atoms with E-state index in [0.29, 0.717) is 24.2 Å². The van der Waals surface area contributed by atoms with Crippen molar-refractivity contribution in [2.75, 3.05) is 33.7 Å². The van der Waals surface area contributed by atoms with E-state index in [1.165, 1.54) is 6.42 Å². The maximum absolute atomic E-state index is 11.8. The van der Waals surface area contributed by atoms with E-state index in [1.54, 1.807) is 0 Å². The summed E-state index contributed by atoms with van der Waals surface area (Å²) in [6.07, 6.45) is 1.87. The van der Waals surface area contributed by atoms with Crippen LogP contribution in [0.5, 0.6) is 0 Å². The number of hydrogen-bond acceptors (Lipinski definition) is 2. The fourth-order valence-electron chi connectivity index (χ4n) is 2.20. The lowest BCUT2D eigenvalue weighted by atomic mass is 10.1. The van der Waals surface area contributed by atoms with Crippen molar-refractivity contribution in [2.24, 2.45) is 11.8 Å². The van der Waals surface area contributed by atoms with Crippen LogP contribution in [0.15, 0.2) is 0 Å². The molecule has 1 amide bonds. The molecular formula is C12H24N2O. The van der Waals surface area contributed by atoms with Gasteiger partial charge in [0.25, 0.3) is 0 Å². The van der Waals surface area contributed by atoms with Crippen LogP contribution in [0.25, 0.3) is 0 Å². The minimum Gasteiger partial charge on any atom is -0.342 e. The van der Waals surface area contributed by atoms with Crippen LogP contribution in [0.2, 0.25) is 0 Å². The van der Waals surface area contributed by atoms with E-state index >= 15 is 0 Å². The second-order valence-electron chi connectivity index (χ2n) is 5.35. The summed E-state index contributed by atoms with van der Waals surface area (Å²) in [4.78, 5) is 16.0. The number of hydrogen-bond donors (Lipinski definition) is 0. The lowest BCUT2D eigenvalue weighted by molar-refractivity contribution is -0.131. The van der Waals surface area contributed by atoms with E-state index in [0.717, 1.165) is 19.6 Å².